The maximum absolute atomic E-state index is 13.3. The molecule has 0 aliphatic rings. The zero-order valence-electron chi connectivity index (χ0n) is 14.1. The summed E-state index contributed by atoms with van der Waals surface area (Å²) in [4.78, 5) is 13.7. The van der Waals surface area contributed by atoms with Crippen LogP contribution in [-0.4, -0.2) is 27.1 Å². The molecule has 4 nitrogen and oxygen atoms in total. The fourth-order valence-electron chi connectivity index (χ4n) is 2.28. The number of hydrogen-bond acceptors (Lipinski definition) is 3. The van der Waals surface area contributed by atoms with Crippen LogP contribution in [0.25, 0.3) is 0 Å². The maximum Gasteiger partial charge on any atom is 0.418 e. The van der Waals surface area contributed by atoms with E-state index >= 15 is 0 Å². The van der Waals surface area contributed by atoms with Gasteiger partial charge in [-0.25, -0.2) is 0 Å². The molecule has 0 radical (unpaired) electrons. The van der Waals surface area contributed by atoms with E-state index in [9.17, 15) is 18.0 Å². The lowest BCUT2D eigenvalue weighted by Gasteiger charge is -2.18. The van der Waals surface area contributed by atoms with E-state index in [-0.39, 0.29) is 12.1 Å². The Hall–Kier alpha value is -2.70. The van der Waals surface area contributed by atoms with Crippen LogP contribution in [0.1, 0.15) is 11.1 Å². The summed E-state index contributed by atoms with van der Waals surface area (Å²) in [7, 11) is 4.83. The molecule has 25 heavy (non-hydrogen) atoms. The van der Waals surface area contributed by atoms with Crippen molar-refractivity contribution in [2.45, 2.75) is 12.6 Å². The number of nitrogens with one attached hydrogen (secondary N) is 1. The van der Waals surface area contributed by atoms with E-state index in [1.165, 1.54) is 19.2 Å². The minimum atomic E-state index is -4.56. The Morgan fingerprint density at radius 3 is 2.28 bits per heavy atom. The number of halogens is 3. The van der Waals surface area contributed by atoms with Gasteiger partial charge in [0.25, 0.3) is 0 Å². The maximum atomic E-state index is 13.3. The summed E-state index contributed by atoms with van der Waals surface area (Å²) in [5.74, 6) is 0.121. The van der Waals surface area contributed by atoms with Gasteiger partial charge in [0.05, 0.1) is 24.8 Å². The number of hydrogen-bond donors (Lipinski definition) is 1. The topological polar surface area (TPSA) is 41.6 Å². The van der Waals surface area contributed by atoms with Crippen LogP contribution < -0.4 is 15.0 Å². The summed E-state index contributed by atoms with van der Waals surface area (Å²) in [5.41, 5.74) is -0.0457. The molecule has 0 heterocycles. The van der Waals surface area contributed by atoms with Crippen molar-refractivity contribution in [2.24, 2.45) is 0 Å². The quantitative estimate of drug-likeness (QED) is 0.886. The van der Waals surface area contributed by atoms with Gasteiger partial charge in [-0.1, -0.05) is 12.1 Å². The standard InChI is InChI=1S/C18H19F3N2O2/c1-23(2)13-6-9-16(15(11-13)18(19,20)21)22-17(24)10-12-4-7-14(25-3)8-5-12/h4-9,11H,10H2,1-3H3,(H,22,24). The predicted molar refractivity (Wildman–Crippen MR) is 91.1 cm³/mol. The van der Waals surface area contributed by atoms with Gasteiger partial charge in [0.1, 0.15) is 5.75 Å². The summed E-state index contributed by atoms with van der Waals surface area (Å²) in [6, 6.07) is 10.6. The van der Waals surface area contributed by atoms with Crippen LogP contribution in [0, 0.1) is 0 Å². The third-order valence-corrected chi connectivity index (χ3v) is 3.62. The Balaban J connectivity index is 2.19. The minimum Gasteiger partial charge on any atom is -0.497 e. The van der Waals surface area contributed by atoms with Crippen molar-refractivity contribution in [2.75, 3.05) is 31.4 Å². The highest BCUT2D eigenvalue weighted by Crippen LogP contribution is 2.37. The molecule has 0 aliphatic heterocycles. The van der Waals surface area contributed by atoms with Gasteiger partial charge in [-0.05, 0) is 35.9 Å². The lowest BCUT2D eigenvalue weighted by Crippen LogP contribution is -2.19. The number of alkyl halides is 3. The fraction of sp³-hybridized carbons (Fsp3) is 0.278. The van der Waals surface area contributed by atoms with Crippen LogP contribution in [0.5, 0.6) is 5.75 Å². The molecular weight excluding hydrogens is 333 g/mol. The van der Waals surface area contributed by atoms with E-state index in [1.807, 2.05) is 0 Å². The second kappa shape index (κ2) is 7.46. The zero-order chi connectivity index (χ0) is 18.6. The molecule has 0 aliphatic carbocycles. The third-order valence-electron chi connectivity index (χ3n) is 3.62. The number of methoxy groups -OCH3 is 1. The molecule has 0 unspecified atom stereocenters. The van der Waals surface area contributed by atoms with Crippen molar-refractivity contribution >= 4 is 17.3 Å². The van der Waals surface area contributed by atoms with Gasteiger partial charge in [-0.15, -0.1) is 0 Å². The molecule has 0 atom stereocenters. The van der Waals surface area contributed by atoms with E-state index in [4.69, 9.17) is 4.74 Å². The average Bonchev–Trinajstić information content (AvgIpc) is 2.54. The van der Waals surface area contributed by atoms with Crippen molar-refractivity contribution in [3.8, 4) is 5.75 Å². The Labute approximate surface area is 144 Å². The summed E-state index contributed by atoms with van der Waals surface area (Å²) in [6.45, 7) is 0. The zero-order valence-corrected chi connectivity index (χ0v) is 14.1. The van der Waals surface area contributed by atoms with Gasteiger partial charge in [0.2, 0.25) is 5.91 Å². The predicted octanol–water partition coefficient (Wildman–Crippen LogP) is 3.96. The number of anilines is 2. The monoisotopic (exact) mass is 352 g/mol. The molecule has 1 amide bonds. The van der Waals surface area contributed by atoms with Crippen LogP contribution in [0.4, 0.5) is 24.5 Å². The Kier molecular flexibility index (Phi) is 5.56. The van der Waals surface area contributed by atoms with Crippen molar-refractivity contribution in [3.05, 3.63) is 53.6 Å². The normalized spacial score (nSPS) is 11.1. The van der Waals surface area contributed by atoms with Crippen molar-refractivity contribution in [1.29, 1.82) is 0 Å². The number of rotatable bonds is 5. The summed E-state index contributed by atoms with van der Waals surface area (Å²) in [6.07, 6.45) is -4.59. The fourth-order valence-corrected chi connectivity index (χ4v) is 2.28. The largest absolute Gasteiger partial charge is 0.497 e. The minimum absolute atomic E-state index is 0.0310. The molecule has 0 fully saturated rings. The van der Waals surface area contributed by atoms with Crippen LogP contribution in [0.3, 0.4) is 0 Å². The van der Waals surface area contributed by atoms with Gasteiger partial charge in [-0.3, -0.25) is 4.79 Å². The number of nitrogens with zero attached hydrogens (tertiary/aromatic N) is 1. The first-order chi connectivity index (χ1) is 11.7. The number of carbonyl (C=O) groups excluding carboxylic acids is 1. The SMILES string of the molecule is COc1ccc(CC(=O)Nc2ccc(N(C)C)cc2C(F)(F)F)cc1. The molecule has 2 aromatic carbocycles. The highest BCUT2D eigenvalue weighted by molar-refractivity contribution is 5.93. The second-order valence-corrected chi connectivity index (χ2v) is 5.70. The second-order valence-electron chi connectivity index (χ2n) is 5.70. The van der Waals surface area contributed by atoms with Crippen LogP contribution in [-0.2, 0) is 17.4 Å². The lowest BCUT2D eigenvalue weighted by atomic mass is 10.1. The highest BCUT2D eigenvalue weighted by Gasteiger charge is 2.34. The van der Waals surface area contributed by atoms with E-state index < -0.39 is 17.6 Å². The van der Waals surface area contributed by atoms with E-state index in [0.29, 0.717) is 17.0 Å². The molecule has 2 rings (SSSR count). The Morgan fingerprint density at radius 2 is 1.76 bits per heavy atom. The molecule has 0 saturated heterocycles. The molecular formula is C18H19F3N2O2. The first kappa shape index (κ1) is 18.6. The number of amides is 1. The van der Waals surface area contributed by atoms with Gasteiger partial charge in [0, 0.05) is 19.8 Å². The number of carbonyl (C=O) groups is 1. The van der Waals surface area contributed by atoms with Crippen LogP contribution >= 0.6 is 0 Å². The smallest absolute Gasteiger partial charge is 0.418 e. The van der Waals surface area contributed by atoms with E-state index in [2.05, 4.69) is 5.32 Å². The first-order valence-corrected chi connectivity index (χ1v) is 7.52. The summed E-state index contributed by atoms with van der Waals surface area (Å²) >= 11 is 0. The molecule has 0 spiro atoms. The Morgan fingerprint density at radius 1 is 1.12 bits per heavy atom. The van der Waals surface area contributed by atoms with Gasteiger partial charge < -0.3 is 15.0 Å². The van der Waals surface area contributed by atoms with Gasteiger partial charge in [-0.2, -0.15) is 13.2 Å². The molecule has 0 bridgehead atoms. The summed E-state index contributed by atoms with van der Waals surface area (Å²) < 4.78 is 44.8. The molecule has 134 valence electrons. The molecule has 2 aromatic rings. The highest BCUT2D eigenvalue weighted by atomic mass is 19.4. The lowest BCUT2D eigenvalue weighted by molar-refractivity contribution is -0.136. The molecule has 0 aromatic heterocycles. The first-order valence-electron chi connectivity index (χ1n) is 7.52. The van der Waals surface area contributed by atoms with Crippen LogP contribution in [0.2, 0.25) is 0 Å². The van der Waals surface area contributed by atoms with Crippen molar-refractivity contribution in [3.63, 3.8) is 0 Å². The molecule has 0 saturated carbocycles. The van der Waals surface area contributed by atoms with E-state index in [0.717, 1.165) is 6.07 Å². The van der Waals surface area contributed by atoms with Gasteiger partial charge in [0.15, 0.2) is 0 Å². The van der Waals surface area contributed by atoms with E-state index in [1.54, 1.807) is 43.3 Å². The van der Waals surface area contributed by atoms with Gasteiger partial charge >= 0.3 is 6.18 Å². The third kappa shape index (κ3) is 4.89. The molecule has 7 heteroatoms. The van der Waals surface area contributed by atoms with Crippen molar-refractivity contribution < 1.29 is 22.7 Å². The summed E-state index contributed by atoms with van der Waals surface area (Å²) in [5, 5.41) is 2.35. The van der Waals surface area contributed by atoms with Crippen LogP contribution in [0.15, 0.2) is 42.5 Å². The molecule has 1 N–H and O–H groups in total. The number of benzene rings is 2. The average molecular weight is 352 g/mol. The Bertz CT molecular complexity index is 741. The van der Waals surface area contributed by atoms with Crippen molar-refractivity contribution in [1.82, 2.24) is 0 Å². The number of ether oxygens (including phenoxy) is 1.